The van der Waals surface area contributed by atoms with Gasteiger partial charge >= 0.3 is 0 Å². The minimum Gasteiger partial charge on any atom is -0.301 e. The first-order valence-electron chi connectivity index (χ1n) is 4.75. The summed E-state index contributed by atoms with van der Waals surface area (Å²) in [5.74, 6) is 0. The summed E-state index contributed by atoms with van der Waals surface area (Å²) in [6.45, 7) is 0. The number of rotatable bonds is 3. The highest BCUT2D eigenvalue weighted by Gasteiger charge is 2.13. The van der Waals surface area contributed by atoms with Gasteiger partial charge in [-0.1, -0.05) is 15.9 Å². The lowest BCUT2D eigenvalue weighted by Gasteiger charge is -2.07. The van der Waals surface area contributed by atoms with E-state index in [-0.39, 0.29) is 0 Å². The lowest BCUT2D eigenvalue weighted by Crippen LogP contribution is -1.99. The second-order valence-corrected chi connectivity index (χ2v) is 5.03. The molecule has 0 amide bonds. The van der Waals surface area contributed by atoms with E-state index in [1.807, 2.05) is 24.3 Å². The van der Waals surface area contributed by atoms with Gasteiger partial charge in [-0.3, -0.25) is 9.59 Å². The second kappa shape index (κ2) is 4.98. The van der Waals surface area contributed by atoms with E-state index in [0.717, 1.165) is 16.4 Å². The van der Waals surface area contributed by atoms with Gasteiger partial charge in [0.2, 0.25) is 0 Å². The highest BCUT2D eigenvalue weighted by molar-refractivity contribution is 9.10. The van der Waals surface area contributed by atoms with Gasteiger partial charge in [-0.25, -0.2) is 0 Å². The van der Waals surface area contributed by atoms with Gasteiger partial charge in [0.05, 0.1) is 5.69 Å². The van der Waals surface area contributed by atoms with Crippen LogP contribution in [0.5, 0.6) is 0 Å². The Kier molecular flexibility index (Phi) is 3.59. The van der Waals surface area contributed by atoms with Crippen LogP contribution in [0.2, 0.25) is 0 Å². The molecule has 0 aliphatic carbocycles. The molecule has 0 aliphatic rings. The SMILES string of the molecule is O=Cc1cc(C=O)n(-c2ccc(Br)cc2)c1Br. The molecule has 17 heavy (non-hydrogen) atoms. The largest absolute Gasteiger partial charge is 0.301 e. The fourth-order valence-corrected chi connectivity index (χ4v) is 2.43. The maximum atomic E-state index is 11.0. The van der Waals surface area contributed by atoms with Crippen molar-refractivity contribution in [2.75, 3.05) is 0 Å². The molecule has 2 aromatic rings. The third-order valence-electron chi connectivity index (χ3n) is 2.33. The van der Waals surface area contributed by atoms with Gasteiger partial charge in [0, 0.05) is 15.7 Å². The number of halogens is 2. The number of carbonyl (C=O) groups excluding carboxylic acids is 2. The first-order chi connectivity index (χ1) is 8.17. The van der Waals surface area contributed by atoms with Crippen molar-refractivity contribution in [2.24, 2.45) is 0 Å². The van der Waals surface area contributed by atoms with Crippen molar-refractivity contribution in [1.29, 1.82) is 0 Å². The van der Waals surface area contributed by atoms with Gasteiger partial charge in [0.25, 0.3) is 0 Å². The molecule has 0 atom stereocenters. The van der Waals surface area contributed by atoms with E-state index >= 15 is 0 Å². The molecule has 2 rings (SSSR count). The summed E-state index contributed by atoms with van der Waals surface area (Å²) in [6.07, 6.45) is 1.44. The normalized spacial score (nSPS) is 10.2. The van der Waals surface area contributed by atoms with Crippen LogP contribution in [0.4, 0.5) is 0 Å². The molecule has 0 saturated heterocycles. The molecule has 0 N–H and O–H groups in total. The Hall–Kier alpha value is -1.20. The van der Waals surface area contributed by atoms with Crippen molar-refractivity contribution in [1.82, 2.24) is 4.57 Å². The maximum absolute atomic E-state index is 11.0. The third kappa shape index (κ3) is 2.25. The molecule has 0 aliphatic heterocycles. The summed E-state index contributed by atoms with van der Waals surface area (Å²) < 4.78 is 3.22. The summed E-state index contributed by atoms with van der Waals surface area (Å²) in [6, 6.07) is 9.01. The Morgan fingerprint density at radius 3 is 2.18 bits per heavy atom. The first-order valence-corrected chi connectivity index (χ1v) is 6.33. The van der Waals surface area contributed by atoms with Crippen LogP contribution in [0.15, 0.2) is 39.4 Å². The van der Waals surface area contributed by atoms with E-state index in [1.165, 1.54) is 0 Å². The standard InChI is InChI=1S/C12H7Br2NO2/c13-9-1-3-10(4-2-9)15-11(7-17)5-8(6-16)12(15)14/h1-7H. The van der Waals surface area contributed by atoms with Crippen LogP contribution in [0.1, 0.15) is 20.8 Å². The fourth-order valence-electron chi connectivity index (χ4n) is 1.55. The number of hydrogen-bond donors (Lipinski definition) is 0. The number of aldehydes is 2. The van der Waals surface area contributed by atoms with Crippen molar-refractivity contribution < 1.29 is 9.59 Å². The van der Waals surface area contributed by atoms with Crippen LogP contribution < -0.4 is 0 Å². The average molecular weight is 357 g/mol. The molecule has 0 spiro atoms. The topological polar surface area (TPSA) is 39.1 Å². The Bertz CT molecular complexity index is 573. The highest BCUT2D eigenvalue weighted by atomic mass is 79.9. The van der Waals surface area contributed by atoms with Crippen molar-refractivity contribution >= 4 is 44.4 Å². The van der Waals surface area contributed by atoms with Crippen LogP contribution >= 0.6 is 31.9 Å². The molecule has 1 aromatic heterocycles. The lowest BCUT2D eigenvalue weighted by atomic mass is 10.3. The zero-order valence-electron chi connectivity index (χ0n) is 8.56. The second-order valence-electron chi connectivity index (χ2n) is 3.36. The van der Waals surface area contributed by atoms with Crippen LogP contribution in [0.25, 0.3) is 5.69 Å². The predicted molar refractivity (Wildman–Crippen MR) is 71.9 cm³/mol. The van der Waals surface area contributed by atoms with E-state index in [2.05, 4.69) is 31.9 Å². The van der Waals surface area contributed by atoms with E-state index in [4.69, 9.17) is 0 Å². The summed E-state index contributed by atoms with van der Waals surface area (Å²) in [5, 5.41) is 0. The van der Waals surface area contributed by atoms with E-state index in [9.17, 15) is 9.59 Å². The summed E-state index contributed by atoms with van der Waals surface area (Å²) in [5.41, 5.74) is 1.70. The predicted octanol–water partition coefficient (Wildman–Crippen LogP) is 3.63. The molecule has 0 bridgehead atoms. The minimum absolute atomic E-state index is 0.432. The summed E-state index contributed by atoms with van der Waals surface area (Å²) >= 11 is 6.66. The number of carbonyl (C=O) groups is 2. The zero-order valence-corrected chi connectivity index (χ0v) is 11.7. The van der Waals surface area contributed by atoms with Gasteiger partial charge in [-0.2, -0.15) is 0 Å². The van der Waals surface area contributed by atoms with Crippen molar-refractivity contribution in [3.63, 3.8) is 0 Å². The quantitative estimate of drug-likeness (QED) is 0.788. The van der Waals surface area contributed by atoms with E-state index in [1.54, 1.807) is 10.6 Å². The monoisotopic (exact) mass is 355 g/mol. The van der Waals surface area contributed by atoms with Gasteiger partial charge in [-0.05, 0) is 46.3 Å². The van der Waals surface area contributed by atoms with Gasteiger partial charge in [0.15, 0.2) is 12.6 Å². The smallest absolute Gasteiger partial charge is 0.166 e. The number of nitrogens with zero attached hydrogens (tertiary/aromatic N) is 1. The zero-order chi connectivity index (χ0) is 12.4. The van der Waals surface area contributed by atoms with E-state index in [0.29, 0.717) is 22.1 Å². The highest BCUT2D eigenvalue weighted by Crippen LogP contribution is 2.25. The molecule has 1 heterocycles. The Balaban J connectivity index is 2.65. The van der Waals surface area contributed by atoms with Crippen LogP contribution in [-0.4, -0.2) is 17.1 Å². The molecule has 0 radical (unpaired) electrons. The Morgan fingerprint density at radius 2 is 1.65 bits per heavy atom. The molecule has 0 saturated carbocycles. The number of benzene rings is 1. The van der Waals surface area contributed by atoms with Crippen molar-refractivity contribution in [3.8, 4) is 5.69 Å². The molecular formula is C12H7Br2NO2. The number of hydrogen-bond acceptors (Lipinski definition) is 2. The van der Waals surface area contributed by atoms with Gasteiger partial charge in [0.1, 0.15) is 4.60 Å². The van der Waals surface area contributed by atoms with Gasteiger partial charge < -0.3 is 4.57 Å². The van der Waals surface area contributed by atoms with Crippen LogP contribution in [-0.2, 0) is 0 Å². The summed E-state index contributed by atoms with van der Waals surface area (Å²) in [7, 11) is 0. The minimum atomic E-state index is 0.432. The Labute approximate surface area is 115 Å². The van der Waals surface area contributed by atoms with E-state index < -0.39 is 0 Å². The van der Waals surface area contributed by atoms with Crippen molar-refractivity contribution in [3.05, 3.63) is 50.7 Å². The molecule has 86 valence electrons. The third-order valence-corrected chi connectivity index (χ3v) is 3.67. The lowest BCUT2D eigenvalue weighted by molar-refractivity contribution is 0.111. The first kappa shape index (κ1) is 12.3. The van der Waals surface area contributed by atoms with Crippen molar-refractivity contribution in [2.45, 2.75) is 0 Å². The van der Waals surface area contributed by atoms with Crippen LogP contribution in [0.3, 0.4) is 0 Å². The molecule has 5 heteroatoms. The average Bonchev–Trinajstić information content (AvgIpc) is 2.67. The molecule has 1 aromatic carbocycles. The molecule has 0 fully saturated rings. The van der Waals surface area contributed by atoms with Crippen LogP contribution in [0, 0.1) is 0 Å². The molecule has 3 nitrogen and oxygen atoms in total. The molecular weight excluding hydrogens is 350 g/mol. The Morgan fingerprint density at radius 1 is 1.00 bits per heavy atom. The summed E-state index contributed by atoms with van der Waals surface area (Å²) in [4.78, 5) is 21.8. The number of aromatic nitrogens is 1. The molecule has 0 unspecified atom stereocenters. The maximum Gasteiger partial charge on any atom is 0.166 e. The fraction of sp³-hybridized carbons (Fsp3) is 0. The van der Waals surface area contributed by atoms with Gasteiger partial charge in [-0.15, -0.1) is 0 Å².